The van der Waals surface area contributed by atoms with E-state index in [4.69, 9.17) is 15.2 Å². The van der Waals surface area contributed by atoms with Crippen molar-refractivity contribution in [2.45, 2.75) is 26.2 Å². The van der Waals surface area contributed by atoms with Gasteiger partial charge in [0.05, 0.1) is 79.2 Å². The Morgan fingerprint density at radius 2 is 1.18 bits per heavy atom. The lowest BCUT2D eigenvalue weighted by Crippen LogP contribution is -2.31. The Hall–Kier alpha value is -11.2. The van der Waals surface area contributed by atoms with Gasteiger partial charge in [-0.1, -0.05) is 54.6 Å². The predicted molar refractivity (Wildman–Crippen MR) is 320 cm³/mol. The largest absolute Gasteiger partial charge is 0.358 e. The Morgan fingerprint density at radius 1 is 0.548 bits per heavy atom. The molecular weight excluding hydrogens is 1060 g/mol. The van der Waals surface area contributed by atoms with Gasteiger partial charge in [0.1, 0.15) is 22.7 Å². The van der Waals surface area contributed by atoms with E-state index in [9.17, 15) is 14.4 Å². The second-order valence-corrected chi connectivity index (χ2v) is 20.8. The van der Waals surface area contributed by atoms with Crippen LogP contribution < -0.4 is 26.1 Å². The molecule has 0 saturated carbocycles. The monoisotopic (exact) mass is 1110 g/mol. The number of pyridine rings is 4. The molecule has 9 heterocycles. The zero-order valence-corrected chi connectivity index (χ0v) is 45.4. The first kappa shape index (κ1) is 51.0. The van der Waals surface area contributed by atoms with Gasteiger partial charge in [-0.15, -0.1) is 0 Å². The summed E-state index contributed by atoms with van der Waals surface area (Å²) in [5.41, 5.74) is 13.4. The van der Waals surface area contributed by atoms with E-state index in [0.29, 0.717) is 64.9 Å². The molecule has 0 aliphatic rings. The lowest BCUT2D eigenvalue weighted by Gasteiger charge is -2.18. The van der Waals surface area contributed by atoms with E-state index in [1.807, 2.05) is 120 Å². The van der Waals surface area contributed by atoms with Crippen molar-refractivity contribution in [1.29, 1.82) is 0 Å². The van der Waals surface area contributed by atoms with E-state index >= 15 is 4.39 Å². The van der Waals surface area contributed by atoms with Crippen LogP contribution in [0.15, 0.2) is 216 Å². The van der Waals surface area contributed by atoms with E-state index in [1.54, 1.807) is 52.3 Å². The second kappa shape index (κ2) is 21.0. The van der Waals surface area contributed by atoms with Gasteiger partial charge in [0.25, 0.3) is 16.7 Å². The summed E-state index contributed by atoms with van der Waals surface area (Å²) >= 11 is 0. The molecule has 0 atom stereocenters. The maximum absolute atomic E-state index is 15.5. The smallest absolute Gasteiger partial charge is 0.269 e. The van der Waals surface area contributed by atoms with Crippen molar-refractivity contribution in [1.82, 2.24) is 63.2 Å². The minimum absolute atomic E-state index is 0.0602. The lowest BCUT2D eigenvalue weighted by molar-refractivity contribution is -0.592. The first-order valence-corrected chi connectivity index (χ1v) is 27.1. The second-order valence-electron chi connectivity index (χ2n) is 20.8. The number of anilines is 1. The minimum atomic E-state index is -0.421. The maximum atomic E-state index is 15.5. The molecule has 0 amide bonds. The van der Waals surface area contributed by atoms with Gasteiger partial charge in [-0.2, -0.15) is 14.8 Å². The number of benzene rings is 5. The number of aryl methyl sites for hydroxylation is 1. The molecular formula is C65H49FN15O3+. The highest BCUT2D eigenvalue weighted by molar-refractivity contribution is 5.98. The molecule has 0 saturated heterocycles. The zero-order valence-electron chi connectivity index (χ0n) is 45.4. The SMILES string of the molecule is CN(CCn1cc2cc(-c3cccc(Cn4c(=O)cnc5c[n+](-c6ccc(-c7cccc(Cn8c(=O)cnc9cnccc98)c7)c7cn(C)nc67)ccc54)c3)ccc2n1)c1ccc(-c2ccc(Cn3c(=O)cnc4cnccc43)c(F)c2)cn1. The van der Waals surface area contributed by atoms with E-state index in [0.717, 1.165) is 77.8 Å². The summed E-state index contributed by atoms with van der Waals surface area (Å²) in [6, 6.07) is 41.1. The number of rotatable bonds is 14. The quantitative estimate of drug-likeness (QED) is 0.0943. The third kappa shape index (κ3) is 9.67. The molecule has 0 radical (unpaired) electrons. The molecule has 18 nitrogen and oxygen atoms in total. The summed E-state index contributed by atoms with van der Waals surface area (Å²) in [5.74, 6) is 0.342. The summed E-state index contributed by atoms with van der Waals surface area (Å²) in [7, 11) is 3.88. The normalized spacial score (nSPS) is 11.7. The molecule has 19 heteroatoms. The van der Waals surface area contributed by atoms with Gasteiger partial charge in [-0.25, -0.2) is 24.3 Å². The third-order valence-electron chi connectivity index (χ3n) is 15.4. The summed E-state index contributed by atoms with van der Waals surface area (Å²) in [6.45, 7) is 2.01. The van der Waals surface area contributed by atoms with Gasteiger partial charge >= 0.3 is 0 Å². The fraction of sp³-hybridized carbons (Fsp3) is 0.108. The van der Waals surface area contributed by atoms with Crippen molar-refractivity contribution >= 4 is 60.7 Å². The summed E-state index contributed by atoms with van der Waals surface area (Å²) in [6.07, 6.45) is 20.1. The van der Waals surface area contributed by atoms with Crippen LogP contribution in [0.25, 0.3) is 94.0 Å². The van der Waals surface area contributed by atoms with Gasteiger partial charge in [0, 0.05) is 85.7 Å². The number of hydrogen-bond acceptors (Lipinski definition) is 12. The highest BCUT2D eigenvalue weighted by Crippen LogP contribution is 2.32. The van der Waals surface area contributed by atoms with E-state index < -0.39 is 5.82 Å². The fourth-order valence-corrected chi connectivity index (χ4v) is 11.1. The fourth-order valence-electron chi connectivity index (χ4n) is 11.1. The van der Waals surface area contributed by atoms with Crippen LogP contribution in [-0.4, -0.2) is 76.8 Å². The van der Waals surface area contributed by atoms with Gasteiger partial charge in [0.15, 0.2) is 17.2 Å². The molecule has 0 unspecified atom stereocenters. The van der Waals surface area contributed by atoms with Crippen molar-refractivity contribution in [3.8, 4) is 39.1 Å². The van der Waals surface area contributed by atoms with Crippen molar-refractivity contribution in [3.63, 3.8) is 0 Å². The average molecular weight is 1110 g/mol. The molecule has 408 valence electrons. The van der Waals surface area contributed by atoms with Crippen molar-refractivity contribution in [2.24, 2.45) is 7.05 Å². The molecule has 0 N–H and O–H groups in total. The Balaban J connectivity index is 0.649. The number of nitrogens with zero attached hydrogens (tertiary/aromatic N) is 15. The number of hydrogen-bond donors (Lipinski definition) is 0. The molecule has 9 aromatic heterocycles. The van der Waals surface area contributed by atoms with Crippen molar-refractivity contribution < 1.29 is 8.96 Å². The number of likely N-dealkylation sites (N-methyl/N-ethyl adjacent to an activating group) is 1. The van der Waals surface area contributed by atoms with E-state index in [2.05, 4.69) is 72.3 Å². The Bertz CT molecular complexity index is 5110. The lowest BCUT2D eigenvalue weighted by atomic mass is 9.99. The minimum Gasteiger partial charge on any atom is -0.358 e. The molecule has 5 aromatic carbocycles. The highest BCUT2D eigenvalue weighted by atomic mass is 19.1. The molecule has 0 aliphatic carbocycles. The van der Waals surface area contributed by atoms with Crippen LogP contribution in [0.1, 0.15) is 16.7 Å². The standard InChI is InChI=1S/C65H49FN15O3/c1-75(61-16-12-47(29-72-61)45-9-10-48(52(66)28-45)38-81-58-18-21-68-31-55(58)70-33-64(81)84)23-24-78-37-49-27-44(11-14-53(49)73-78)43-7-3-5-41(25-43)35-80-59-19-22-77(40-56(59)71-34-63(80)83)60-15-13-50(51-39-76(2)74-65(51)60)46-8-4-6-42(26-46)36-79-57-17-20-67-30-54(57)69-32-62(79)82/h3-22,25-34,37,39-40H,23-24,35-36,38H2,1-2H3/q+1. The van der Waals surface area contributed by atoms with Gasteiger partial charge in [-0.05, 0) is 99.6 Å². The van der Waals surface area contributed by atoms with Crippen molar-refractivity contribution in [2.75, 3.05) is 18.5 Å². The Labute approximate surface area is 477 Å². The molecule has 84 heavy (non-hydrogen) atoms. The molecule has 0 fully saturated rings. The first-order valence-electron chi connectivity index (χ1n) is 27.1. The average Bonchev–Trinajstić information content (AvgIpc) is 4.09. The van der Waals surface area contributed by atoms with E-state index in [-0.39, 0.29) is 23.2 Å². The van der Waals surface area contributed by atoms with Crippen LogP contribution in [-0.2, 0) is 33.2 Å². The highest BCUT2D eigenvalue weighted by Gasteiger charge is 2.21. The Kier molecular flexibility index (Phi) is 12.8. The summed E-state index contributed by atoms with van der Waals surface area (Å²) in [4.78, 5) is 67.3. The Morgan fingerprint density at radius 3 is 1.88 bits per heavy atom. The van der Waals surface area contributed by atoms with Crippen LogP contribution in [0.3, 0.4) is 0 Å². The van der Waals surface area contributed by atoms with Crippen LogP contribution in [0.5, 0.6) is 0 Å². The van der Waals surface area contributed by atoms with Gasteiger partial charge in [-0.3, -0.25) is 33.7 Å². The van der Waals surface area contributed by atoms with Gasteiger partial charge in [0.2, 0.25) is 11.9 Å². The number of halogens is 1. The molecule has 14 rings (SSSR count). The van der Waals surface area contributed by atoms with E-state index in [1.165, 1.54) is 29.2 Å². The molecule has 0 spiro atoms. The predicted octanol–water partition coefficient (Wildman–Crippen LogP) is 8.94. The number of fused-ring (bicyclic) bond motifs is 5. The van der Waals surface area contributed by atoms with Crippen LogP contribution in [0.4, 0.5) is 10.2 Å². The molecule has 0 bridgehead atoms. The number of aromatic nitrogens is 14. The summed E-state index contributed by atoms with van der Waals surface area (Å²) in [5, 5.41) is 11.7. The van der Waals surface area contributed by atoms with Crippen LogP contribution in [0, 0.1) is 5.82 Å². The van der Waals surface area contributed by atoms with Crippen molar-refractivity contribution in [3.05, 3.63) is 255 Å². The summed E-state index contributed by atoms with van der Waals surface area (Å²) < 4.78 is 26.2. The van der Waals surface area contributed by atoms with Gasteiger partial charge < -0.3 is 18.6 Å². The van der Waals surface area contributed by atoms with Crippen LogP contribution >= 0.6 is 0 Å². The molecule has 0 aliphatic heterocycles. The third-order valence-corrected chi connectivity index (χ3v) is 15.4. The maximum Gasteiger partial charge on any atom is 0.269 e. The molecule has 14 aromatic rings. The topological polar surface area (TPSA) is 186 Å². The van der Waals surface area contributed by atoms with Crippen LogP contribution in [0.2, 0.25) is 0 Å². The first-order chi connectivity index (χ1) is 41.0. The zero-order chi connectivity index (χ0) is 57.0.